The van der Waals surface area contributed by atoms with Crippen molar-refractivity contribution in [2.24, 2.45) is 10.2 Å². The molecular weight excluding hydrogens is 260 g/mol. The Bertz CT molecular complexity index is 478. The molecule has 0 bridgehead atoms. The predicted molar refractivity (Wildman–Crippen MR) is 79.8 cm³/mol. The Hall–Kier alpha value is -1.69. The summed E-state index contributed by atoms with van der Waals surface area (Å²) >= 11 is 1.54. The Kier molecular flexibility index (Phi) is 4.68. The Morgan fingerprint density at radius 2 is 2.16 bits per heavy atom. The average molecular weight is 278 g/mol. The van der Waals surface area contributed by atoms with Crippen molar-refractivity contribution >= 4 is 23.1 Å². The Labute approximate surface area is 117 Å². The largest absolute Gasteiger partial charge is 0.506 e. The van der Waals surface area contributed by atoms with Gasteiger partial charge in [-0.15, -0.1) is 5.11 Å². The fourth-order valence-corrected chi connectivity index (χ4v) is 2.40. The number of phenols is 1. The molecule has 1 aromatic rings. The summed E-state index contributed by atoms with van der Waals surface area (Å²) in [5.74, 6) is 0.157. The van der Waals surface area contributed by atoms with E-state index in [1.807, 2.05) is 17.7 Å². The molecule has 0 fully saturated rings. The van der Waals surface area contributed by atoms with Gasteiger partial charge in [-0.25, -0.2) is 0 Å². The van der Waals surface area contributed by atoms with Crippen molar-refractivity contribution in [2.45, 2.75) is 19.3 Å². The second-order valence-corrected chi connectivity index (χ2v) is 5.01. The lowest BCUT2D eigenvalue weighted by Gasteiger charge is -2.21. The second kappa shape index (κ2) is 6.47. The lowest BCUT2D eigenvalue weighted by atomic mass is 10.2. The number of nitrogens with zero attached hydrogens (tertiary/aromatic N) is 3. The van der Waals surface area contributed by atoms with Gasteiger partial charge in [-0.3, -0.25) is 0 Å². The Morgan fingerprint density at radius 3 is 2.74 bits per heavy atom. The van der Waals surface area contributed by atoms with E-state index in [1.165, 1.54) is 0 Å². The van der Waals surface area contributed by atoms with E-state index in [0.29, 0.717) is 5.69 Å². The molecule has 5 nitrogen and oxygen atoms in total. The van der Waals surface area contributed by atoms with E-state index in [-0.39, 0.29) is 11.2 Å². The zero-order valence-electron chi connectivity index (χ0n) is 11.1. The maximum absolute atomic E-state index is 9.98. The van der Waals surface area contributed by atoms with Crippen molar-refractivity contribution < 1.29 is 5.11 Å². The van der Waals surface area contributed by atoms with E-state index in [4.69, 9.17) is 0 Å². The number of hydrogen-bond donors (Lipinski definition) is 2. The van der Waals surface area contributed by atoms with E-state index in [9.17, 15) is 5.11 Å². The van der Waals surface area contributed by atoms with E-state index in [0.717, 1.165) is 18.8 Å². The molecule has 0 aliphatic carbocycles. The van der Waals surface area contributed by atoms with Crippen LogP contribution in [0, 0.1) is 0 Å². The van der Waals surface area contributed by atoms with Crippen molar-refractivity contribution in [1.29, 1.82) is 0 Å². The zero-order valence-corrected chi connectivity index (χ0v) is 11.9. The molecule has 6 heteroatoms. The first-order valence-electron chi connectivity index (χ1n) is 6.30. The summed E-state index contributed by atoms with van der Waals surface area (Å²) in [5, 5.41) is 23.1. The molecule has 1 unspecified atom stereocenters. The standard InChI is InChI=1S/C13H18N4OS/c1-3-17(4-2)10-5-6-11(12(18)9-10)15-16-13-14-7-8-19-13/h5-9,13-14,18H,3-4H2,1-2H3. The van der Waals surface area contributed by atoms with Gasteiger partial charge < -0.3 is 15.3 Å². The minimum absolute atomic E-state index is 0.0955. The third-order valence-corrected chi connectivity index (χ3v) is 3.65. The van der Waals surface area contributed by atoms with Crippen LogP contribution in [0.1, 0.15) is 13.8 Å². The Balaban J connectivity index is 2.10. The van der Waals surface area contributed by atoms with E-state index < -0.39 is 0 Å². The molecule has 102 valence electrons. The van der Waals surface area contributed by atoms with Gasteiger partial charge in [0.15, 0.2) is 5.50 Å². The highest BCUT2D eigenvalue weighted by Crippen LogP contribution is 2.32. The molecule has 0 aromatic heterocycles. The minimum Gasteiger partial charge on any atom is -0.506 e. The van der Waals surface area contributed by atoms with Crippen LogP contribution in [0.3, 0.4) is 0 Å². The molecule has 0 spiro atoms. The first-order valence-corrected chi connectivity index (χ1v) is 7.24. The van der Waals surface area contributed by atoms with E-state index in [1.54, 1.807) is 23.9 Å². The molecule has 2 rings (SSSR count). The molecule has 1 heterocycles. The summed E-state index contributed by atoms with van der Waals surface area (Å²) in [6.45, 7) is 5.99. The van der Waals surface area contributed by atoms with E-state index >= 15 is 0 Å². The van der Waals surface area contributed by atoms with Crippen LogP contribution in [-0.2, 0) is 0 Å². The summed E-state index contributed by atoms with van der Waals surface area (Å²) in [7, 11) is 0. The van der Waals surface area contributed by atoms with Crippen LogP contribution >= 0.6 is 11.8 Å². The number of hydrogen-bond acceptors (Lipinski definition) is 6. The highest BCUT2D eigenvalue weighted by atomic mass is 32.2. The maximum atomic E-state index is 9.98. The number of azo groups is 1. The van der Waals surface area contributed by atoms with Crippen molar-refractivity contribution in [3.63, 3.8) is 0 Å². The zero-order chi connectivity index (χ0) is 13.7. The van der Waals surface area contributed by atoms with Gasteiger partial charge in [0.1, 0.15) is 11.4 Å². The smallest absolute Gasteiger partial charge is 0.190 e. The van der Waals surface area contributed by atoms with Crippen LogP contribution in [0.2, 0.25) is 0 Å². The van der Waals surface area contributed by atoms with Crippen molar-refractivity contribution in [1.82, 2.24) is 5.32 Å². The molecule has 1 aliphatic rings. The van der Waals surface area contributed by atoms with Crippen LogP contribution in [0.15, 0.2) is 40.0 Å². The number of benzene rings is 1. The molecule has 0 radical (unpaired) electrons. The first-order chi connectivity index (χ1) is 9.24. The van der Waals surface area contributed by atoms with Crippen LogP contribution in [-0.4, -0.2) is 23.7 Å². The van der Waals surface area contributed by atoms with Gasteiger partial charge >= 0.3 is 0 Å². The summed E-state index contributed by atoms with van der Waals surface area (Å²) in [4.78, 5) is 2.17. The summed E-state index contributed by atoms with van der Waals surface area (Å²) < 4.78 is 0. The highest BCUT2D eigenvalue weighted by molar-refractivity contribution is 8.02. The fraction of sp³-hybridized carbons (Fsp3) is 0.385. The third-order valence-electron chi connectivity index (χ3n) is 2.87. The summed E-state index contributed by atoms with van der Waals surface area (Å²) in [5.41, 5.74) is 1.39. The van der Waals surface area contributed by atoms with Crippen molar-refractivity contribution in [2.75, 3.05) is 18.0 Å². The third kappa shape index (κ3) is 3.41. The lowest BCUT2D eigenvalue weighted by Crippen LogP contribution is -2.21. The number of rotatable bonds is 5. The van der Waals surface area contributed by atoms with Gasteiger partial charge in [-0.1, -0.05) is 11.8 Å². The number of aromatic hydroxyl groups is 1. The number of nitrogens with one attached hydrogen (secondary N) is 1. The minimum atomic E-state index is -0.0955. The van der Waals surface area contributed by atoms with Crippen molar-refractivity contribution in [3.8, 4) is 5.75 Å². The molecule has 1 aromatic carbocycles. The van der Waals surface area contributed by atoms with Gasteiger partial charge in [0.25, 0.3) is 0 Å². The van der Waals surface area contributed by atoms with Gasteiger partial charge in [-0.05, 0) is 31.4 Å². The highest BCUT2D eigenvalue weighted by Gasteiger charge is 2.09. The fourth-order valence-electron chi connectivity index (χ4n) is 1.83. The second-order valence-electron chi connectivity index (χ2n) is 4.02. The van der Waals surface area contributed by atoms with Crippen LogP contribution < -0.4 is 10.2 Å². The molecule has 0 saturated heterocycles. The maximum Gasteiger partial charge on any atom is 0.190 e. The van der Waals surface area contributed by atoms with Gasteiger partial charge in [0, 0.05) is 31.0 Å². The number of anilines is 1. The summed E-state index contributed by atoms with van der Waals surface area (Å²) in [6.07, 6.45) is 1.83. The average Bonchev–Trinajstić information content (AvgIpc) is 2.92. The molecule has 0 saturated carbocycles. The van der Waals surface area contributed by atoms with Crippen LogP contribution in [0.25, 0.3) is 0 Å². The van der Waals surface area contributed by atoms with Crippen molar-refractivity contribution in [3.05, 3.63) is 29.8 Å². The molecule has 0 amide bonds. The van der Waals surface area contributed by atoms with Gasteiger partial charge in [-0.2, -0.15) is 5.11 Å². The van der Waals surface area contributed by atoms with Gasteiger partial charge in [0.05, 0.1) is 0 Å². The molecular formula is C13H18N4OS. The SMILES string of the molecule is CCN(CC)c1ccc(N=NC2NC=CS2)c(O)c1. The monoisotopic (exact) mass is 278 g/mol. The molecule has 1 aliphatic heterocycles. The quantitative estimate of drug-likeness (QED) is 0.810. The molecule has 1 atom stereocenters. The van der Waals surface area contributed by atoms with Crippen LogP contribution in [0.4, 0.5) is 11.4 Å². The van der Waals surface area contributed by atoms with Gasteiger partial charge in [0.2, 0.25) is 0 Å². The Morgan fingerprint density at radius 1 is 1.37 bits per heavy atom. The lowest BCUT2D eigenvalue weighted by molar-refractivity contribution is 0.476. The molecule has 19 heavy (non-hydrogen) atoms. The predicted octanol–water partition coefficient (Wildman–Crippen LogP) is 3.41. The normalized spacial score (nSPS) is 17.9. The van der Waals surface area contributed by atoms with E-state index in [2.05, 4.69) is 34.3 Å². The first kappa shape index (κ1) is 13.7. The topological polar surface area (TPSA) is 60.2 Å². The van der Waals surface area contributed by atoms with Crippen LogP contribution in [0.5, 0.6) is 5.75 Å². The molecule has 2 N–H and O–H groups in total. The number of thioether (sulfide) groups is 1. The number of phenolic OH excluding ortho intramolecular Hbond substituents is 1. The summed E-state index contributed by atoms with van der Waals surface area (Å²) in [6, 6.07) is 5.48.